The van der Waals surface area contributed by atoms with Crippen molar-refractivity contribution in [2.24, 2.45) is 0 Å². The van der Waals surface area contributed by atoms with E-state index in [-0.39, 0.29) is 5.91 Å². The molecule has 1 aliphatic heterocycles. The number of anilines is 1. The van der Waals surface area contributed by atoms with Gasteiger partial charge < -0.3 is 15.5 Å². The lowest BCUT2D eigenvalue weighted by molar-refractivity contribution is 0.0882. The molecule has 1 atom stereocenters. The highest BCUT2D eigenvalue weighted by Crippen LogP contribution is 2.14. The molecule has 21 heavy (non-hydrogen) atoms. The Hall–Kier alpha value is -1.59. The number of hydrogen-bond acceptors (Lipinski definition) is 4. The van der Waals surface area contributed by atoms with Crippen LogP contribution < -0.4 is 10.6 Å². The maximum atomic E-state index is 12.4. The van der Waals surface area contributed by atoms with Crippen LogP contribution in [0.1, 0.15) is 17.3 Å². The highest BCUT2D eigenvalue weighted by atomic mass is 16.1. The molecule has 0 radical (unpaired) electrons. The largest absolute Gasteiger partial charge is 0.385 e. The van der Waals surface area contributed by atoms with Crippen LogP contribution in [0, 0.1) is 0 Å². The third-order valence-corrected chi connectivity index (χ3v) is 4.02. The normalized spacial score (nSPS) is 20.2. The Balaban J connectivity index is 1.95. The van der Waals surface area contributed by atoms with Crippen molar-refractivity contribution in [2.75, 3.05) is 52.1 Å². The number of hydrogen-bond donors (Lipinski definition) is 2. The Bertz CT molecular complexity index is 477. The Morgan fingerprint density at radius 3 is 2.81 bits per heavy atom. The van der Waals surface area contributed by atoms with Crippen LogP contribution in [0.25, 0.3) is 0 Å². The lowest BCUT2D eigenvalue weighted by Gasteiger charge is -2.37. The average molecular weight is 290 g/mol. The molecule has 0 bridgehead atoms. The molecule has 116 valence electrons. The minimum atomic E-state index is -0.00632. The summed E-state index contributed by atoms with van der Waals surface area (Å²) >= 11 is 0. The van der Waals surface area contributed by atoms with E-state index in [1.165, 1.54) is 0 Å². The predicted molar refractivity (Wildman–Crippen MR) is 86.9 cm³/mol. The van der Waals surface area contributed by atoms with E-state index in [9.17, 15) is 4.79 Å². The van der Waals surface area contributed by atoms with Gasteiger partial charge >= 0.3 is 0 Å². The zero-order valence-electron chi connectivity index (χ0n) is 13.2. The lowest BCUT2D eigenvalue weighted by Crippen LogP contribution is -2.54. The highest BCUT2D eigenvalue weighted by molar-refractivity contribution is 5.99. The monoisotopic (exact) mass is 290 g/mol. The molecule has 0 spiro atoms. The highest BCUT2D eigenvalue weighted by Gasteiger charge is 2.22. The Morgan fingerprint density at radius 1 is 1.29 bits per heavy atom. The summed E-state index contributed by atoms with van der Waals surface area (Å²) in [6.07, 6.45) is 0. The van der Waals surface area contributed by atoms with Crippen molar-refractivity contribution < 1.29 is 4.79 Å². The van der Waals surface area contributed by atoms with Gasteiger partial charge in [0.2, 0.25) is 0 Å². The van der Waals surface area contributed by atoms with E-state index in [1.807, 2.05) is 31.2 Å². The first-order valence-corrected chi connectivity index (χ1v) is 7.61. The van der Waals surface area contributed by atoms with Gasteiger partial charge in [-0.2, -0.15) is 0 Å². The van der Waals surface area contributed by atoms with Gasteiger partial charge in [0.15, 0.2) is 0 Å². The zero-order valence-corrected chi connectivity index (χ0v) is 13.2. The number of rotatable bonds is 5. The van der Waals surface area contributed by atoms with Crippen molar-refractivity contribution in [3.8, 4) is 0 Å². The number of carbonyl (C=O) groups excluding carboxylic acids is 1. The molecule has 1 unspecified atom stereocenters. The van der Waals surface area contributed by atoms with Crippen molar-refractivity contribution in [1.82, 2.24) is 15.1 Å². The summed E-state index contributed by atoms with van der Waals surface area (Å²) in [5.41, 5.74) is 1.61. The second-order valence-electron chi connectivity index (χ2n) is 5.68. The van der Waals surface area contributed by atoms with E-state index in [2.05, 4.69) is 34.5 Å². The molecule has 1 saturated heterocycles. The Morgan fingerprint density at radius 2 is 2.05 bits per heavy atom. The van der Waals surface area contributed by atoms with Crippen LogP contribution in [0.4, 0.5) is 5.69 Å². The molecular weight excluding hydrogens is 264 g/mol. The van der Waals surface area contributed by atoms with E-state index in [4.69, 9.17) is 0 Å². The number of amides is 1. The van der Waals surface area contributed by atoms with Crippen LogP contribution in [0.5, 0.6) is 0 Å². The van der Waals surface area contributed by atoms with E-state index < -0.39 is 0 Å². The molecule has 1 aromatic rings. The average Bonchev–Trinajstić information content (AvgIpc) is 2.49. The van der Waals surface area contributed by atoms with Crippen LogP contribution in [-0.2, 0) is 0 Å². The number of para-hydroxylation sites is 1. The number of piperazine rings is 1. The van der Waals surface area contributed by atoms with E-state index in [0.717, 1.165) is 31.9 Å². The molecule has 2 N–H and O–H groups in total. The van der Waals surface area contributed by atoms with Gasteiger partial charge in [-0.3, -0.25) is 9.69 Å². The summed E-state index contributed by atoms with van der Waals surface area (Å²) in [5.74, 6) is -0.00632. The molecule has 1 amide bonds. The first-order valence-electron chi connectivity index (χ1n) is 7.61. The molecule has 1 heterocycles. The summed E-state index contributed by atoms with van der Waals surface area (Å²) in [7, 11) is 4.25. The van der Waals surface area contributed by atoms with Gasteiger partial charge in [0, 0.05) is 44.5 Å². The van der Waals surface area contributed by atoms with E-state index in [0.29, 0.717) is 18.2 Å². The summed E-state index contributed by atoms with van der Waals surface area (Å²) in [4.78, 5) is 17.0. The van der Waals surface area contributed by atoms with Crippen molar-refractivity contribution in [2.45, 2.75) is 13.0 Å². The molecular formula is C16H26N4O. The molecule has 0 aromatic heterocycles. The predicted octanol–water partition coefficient (Wildman–Crippen LogP) is 1.09. The third-order valence-electron chi connectivity index (χ3n) is 4.02. The summed E-state index contributed by atoms with van der Waals surface area (Å²) < 4.78 is 0. The number of benzene rings is 1. The number of nitrogens with one attached hydrogen (secondary N) is 2. The molecule has 2 rings (SSSR count). The van der Waals surface area contributed by atoms with Gasteiger partial charge in [0.1, 0.15) is 0 Å². The van der Waals surface area contributed by atoms with Gasteiger partial charge in [0.05, 0.1) is 5.56 Å². The SMILES string of the molecule is CCNc1ccccc1C(=O)NCC1CN(C)CCN1C. The third kappa shape index (κ3) is 4.19. The van der Waals surface area contributed by atoms with Crippen LogP contribution in [0.15, 0.2) is 24.3 Å². The second kappa shape index (κ2) is 7.43. The van der Waals surface area contributed by atoms with Gasteiger partial charge in [-0.1, -0.05) is 12.1 Å². The van der Waals surface area contributed by atoms with Gasteiger partial charge in [-0.15, -0.1) is 0 Å². The van der Waals surface area contributed by atoms with E-state index >= 15 is 0 Å². The molecule has 1 aliphatic rings. The number of likely N-dealkylation sites (N-methyl/N-ethyl adjacent to an activating group) is 2. The van der Waals surface area contributed by atoms with Gasteiger partial charge in [-0.05, 0) is 33.2 Å². The van der Waals surface area contributed by atoms with Gasteiger partial charge in [-0.25, -0.2) is 0 Å². The van der Waals surface area contributed by atoms with Gasteiger partial charge in [0.25, 0.3) is 5.91 Å². The van der Waals surface area contributed by atoms with Crippen molar-refractivity contribution >= 4 is 11.6 Å². The Kier molecular flexibility index (Phi) is 5.59. The van der Waals surface area contributed by atoms with Crippen LogP contribution in [0.2, 0.25) is 0 Å². The maximum Gasteiger partial charge on any atom is 0.253 e. The smallest absolute Gasteiger partial charge is 0.253 e. The van der Waals surface area contributed by atoms with Crippen LogP contribution in [-0.4, -0.2) is 68.6 Å². The molecule has 1 fully saturated rings. The Labute approximate surface area is 127 Å². The summed E-state index contributed by atoms with van der Waals surface area (Å²) in [6, 6.07) is 8.02. The first kappa shape index (κ1) is 15.8. The van der Waals surface area contributed by atoms with E-state index in [1.54, 1.807) is 0 Å². The maximum absolute atomic E-state index is 12.4. The fourth-order valence-corrected chi connectivity index (χ4v) is 2.65. The number of nitrogens with zero attached hydrogens (tertiary/aromatic N) is 2. The van der Waals surface area contributed by atoms with Crippen molar-refractivity contribution in [3.05, 3.63) is 29.8 Å². The molecule has 5 heteroatoms. The molecule has 0 aliphatic carbocycles. The molecule has 0 saturated carbocycles. The molecule has 5 nitrogen and oxygen atoms in total. The zero-order chi connectivity index (χ0) is 15.2. The fraction of sp³-hybridized carbons (Fsp3) is 0.562. The summed E-state index contributed by atoms with van der Waals surface area (Å²) in [6.45, 7) is 6.64. The van der Waals surface area contributed by atoms with Crippen molar-refractivity contribution in [1.29, 1.82) is 0 Å². The molecule has 1 aromatic carbocycles. The minimum Gasteiger partial charge on any atom is -0.385 e. The minimum absolute atomic E-state index is 0.00632. The second-order valence-corrected chi connectivity index (χ2v) is 5.68. The number of carbonyl (C=O) groups is 1. The van der Waals surface area contributed by atoms with Crippen LogP contribution in [0.3, 0.4) is 0 Å². The summed E-state index contributed by atoms with van der Waals surface area (Å²) in [5, 5.41) is 6.30. The van der Waals surface area contributed by atoms with Crippen LogP contribution >= 0.6 is 0 Å². The first-order chi connectivity index (χ1) is 10.1. The topological polar surface area (TPSA) is 47.6 Å². The fourth-order valence-electron chi connectivity index (χ4n) is 2.65. The van der Waals surface area contributed by atoms with Crippen molar-refractivity contribution in [3.63, 3.8) is 0 Å². The lowest BCUT2D eigenvalue weighted by atomic mass is 10.1. The standard InChI is InChI=1S/C16H26N4O/c1-4-17-15-8-6-5-7-14(15)16(21)18-11-13-12-19(2)9-10-20(13)3/h5-8,13,17H,4,9-12H2,1-3H3,(H,18,21). The quantitative estimate of drug-likeness (QED) is 0.852.